The summed E-state index contributed by atoms with van der Waals surface area (Å²) in [6.07, 6.45) is 0. The number of thiocarbonyl (C=S) groups is 1. The van der Waals surface area contributed by atoms with Crippen LogP contribution >= 0.6 is 12.2 Å². The van der Waals surface area contributed by atoms with E-state index in [0.717, 1.165) is 12.1 Å². The first-order valence-corrected chi connectivity index (χ1v) is 6.12. The predicted molar refractivity (Wildman–Crippen MR) is 68.8 cm³/mol. The first kappa shape index (κ1) is 13.8. The lowest BCUT2D eigenvalue weighted by Crippen LogP contribution is -2.47. The number of ether oxygens (including phenoxy) is 1. The highest BCUT2D eigenvalue weighted by Crippen LogP contribution is 2.09. The first-order valence-electron chi connectivity index (χ1n) is 5.71. The number of nitrogens with one attached hydrogen (secondary N) is 1. The lowest BCUT2D eigenvalue weighted by Gasteiger charge is -2.28. The van der Waals surface area contributed by atoms with Crippen LogP contribution in [0.4, 0.5) is 8.78 Å². The standard InChI is InChI=1S/C12H12F2N2O2S/c13-8-1-2-9(10(14)7-8)11(17)15-12(19)16-3-5-18-6-4-16/h1-2,7H,3-6H2,(H,15,17,19). The number of hydrogen-bond acceptors (Lipinski definition) is 3. The van der Waals surface area contributed by atoms with Crippen molar-refractivity contribution in [3.63, 3.8) is 0 Å². The molecule has 1 amide bonds. The highest BCUT2D eigenvalue weighted by atomic mass is 32.1. The molecule has 7 heteroatoms. The van der Waals surface area contributed by atoms with Gasteiger partial charge in [-0.3, -0.25) is 10.1 Å². The van der Waals surface area contributed by atoms with Gasteiger partial charge in [0.25, 0.3) is 5.91 Å². The molecule has 0 saturated carbocycles. The van der Waals surface area contributed by atoms with Crippen LogP contribution in [-0.4, -0.2) is 42.2 Å². The van der Waals surface area contributed by atoms with Crippen LogP contribution < -0.4 is 5.32 Å². The fourth-order valence-electron chi connectivity index (χ4n) is 1.68. The van der Waals surface area contributed by atoms with E-state index in [0.29, 0.717) is 32.4 Å². The van der Waals surface area contributed by atoms with Crippen molar-refractivity contribution in [2.45, 2.75) is 0 Å². The van der Waals surface area contributed by atoms with E-state index in [-0.39, 0.29) is 10.7 Å². The van der Waals surface area contributed by atoms with Crippen LogP contribution in [0.15, 0.2) is 18.2 Å². The third-order valence-corrected chi connectivity index (χ3v) is 3.05. The molecule has 1 aliphatic rings. The number of nitrogens with zero attached hydrogens (tertiary/aromatic N) is 1. The molecule has 1 saturated heterocycles. The zero-order chi connectivity index (χ0) is 13.8. The van der Waals surface area contributed by atoms with Crippen molar-refractivity contribution in [1.82, 2.24) is 10.2 Å². The third kappa shape index (κ3) is 3.45. The molecule has 1 aliphatic heterocycles. The molecule has 1 aromatic rings. The SMILES string of the molecule is O=C(NC(=S)N1CCOCC1)c1ccc(F)cc1F. The van der Waals surface area contributed by atoms with E-state index < -0.39 is 17.5 Å². The summed E-state index contributed by atoms with van der Waals surface area (Å²) in [5, 5.41) is 2.65. The molecule has 19 heavy (non-hydrogen) atoms. The normalized spacial score (nSPS) is 15.2. The molecule has 1 fully saturated rings. The summed E-state index contributed by atoms with van der Waals surface area (Å²) in [7, 11) is 0. The lowest BCUT2D eigenvalue weighted by molar-refractivity contribution is 0.0668. The Morgan fingerprint density at radius 3 is 2.63 bits per heavy atom. The van der Waals surface area contributed by atoms with Gasteiger partial charge in [-0.15, -0.1) is 0 Å². The molecule has 4 nitrogen and oxygen atoms in total. The second-order valence-corrected chi connectivity index (χ2v) is 4.37. The topological polar surface area (TPSA) is 41.6 Å². The molecule has 0 bridgehead atoms. The van der Waals surface area contributed by atoms with Gasteiger partial charge in [0.05, 0.1) is 18.8 Å². The van der Waals surface area contributed by atoms with Crippen LogP contribution in [0.5, 0.6) is 0 Å². The summed E-state index contributed by atoms with van der Waals surface area (Å²) in [6, 6.07) is 2.77. The molecule has 1 heterocycles. The highest BCUT2D eigenvalue weighted by Gasteiger charge is 2.18. The van der Waals surface area contributed by atoms with E-state index in [1.807, 2.05) is 0 Å². The fraction of sp³-hybridized carbons (Fsp3) is 0.333. The van der Waals surface area contributed by atoms with Gasteiger partial charge < -0.3 is 9.64 Å². The Bertz CT molecular complexity index is 505. The summed E-state index contributed by atoms with van der Waals surface area (Å²) in [5.74, 6) is -2.33. The van der Waals surface area contributed by atoms with Gasteiger partial charge in [-0.1, -0.05) is 0 Å². The van der Waals surface area contributed by atoms with Crippen molar-refractivity contribution in [3.8, 4) is 0 Å². The van der Waals surface area contributed by atoms with Crippen molar-refractivity contribution < 1.29 is 18.3 Å². The molecular formula is C12H12F2N2O2S. The number of hydrogen-bond donors (Lipinski definition) is 1. The van der Waals surface area contributed by atoms with Crippen molar-refractivity contribution in [2.75, 3.05) is 26.3 Å². The largest absolute Gasteiger partial charge is 0.378 e. The van der Waals surface area contributed by atoms with E-state index in [9.17, 15) is 13.6 Å². The van der Waals surface area contributed by atoms with Gasteiger partial charge in [-0.2, -0.15) is 0 Å². The van der Waals surface area contributed by atoms with Crippen LogP contribution in [0.25, 0.3) is 0 Å². The third-order valence-electron chi connectivity index (χ3n) is 2.69. The van der Waals surface area contributed by atoms with Gasteiger partial charge in [0, 0.05) is 19.2 Å². The number of carbonyl (C=O) groups is 1. The molecule has 2 rings (SSSR count). The maximum absolute atomic E-state index is 13.4. The van der Waals surface area contributed by atoms with E-state index >= 15 is 0 Å². The molecule has 0 aliphatic carbocycles. The maximum Gasteiger partial charge on any atom is 0.260 e. The summed E-state index contributed by atoms with van der Waals surface area (Å²) in [6.45, 7) is 2.21. The van der Waals surface area contributed by atoms with E-state index in [1.165, 1.54) is 0 Å². The minimum Gasteiger partial charge on any atom is -0.378 e. The number of rotatable bonds is 1. The average molecular weight is 286 g/mol. The number of halogens is 2. The zero-order valence-corrected chi connectivity index (χ0v) is 10.8. The van der Waals surface area contributed by atoms with Crippen molar-refractivity contribution in [2.24, 2.45) is 0 Å². The Balaban J connectivity index is 2.02. The molecule has 102 valence electrons. The van der Waals surface area contributed by atoms with Gasteiger partial charge >= 0.3 is 0 Å². The van der Waals surface area contributed by atoms with Crippen LogP contribution in [0.2, 0.25) is 0 Å². The molecule has 0 radical (unpaired) electrons. The second kappa shape index (κ2) is 6.03. The molecular weight excluding hydrogens is 274 g/mol. The molecule has 0 spiro atoms. The van der Waals surface area contributed by atoms with Crippen molar-refractivity contribution >= 4 is 23.2 Å². The number of morpholine rings is 1. The molecule has 0 atom stereocenters. The Kier molecular flexibility index (Phi) is 4.39. The van der Waals surface area contributed by atoms with Gasteiger partial charge in [0.15, 0.2) is 5.11 Å². The Morgan fingerprint density at radius 1 is 1.32 bits per heavy atom. The smallest absolute Gasteiger partial charge is 0.260 e. The average Bonchev–Trinajstić information content (AvgIpc) is 2.39. The molecule has 0 unspecified atom stereocenters. The number of carbonyl (C=O) groups excluding carboxylic acids is 1. The number of amides is 1. The monoisotopic (exact) mass is 286 g/mol. The van der Waals surface area contributed by atoms with E-state index in [2.05, 4.69) is 5.32 Å². The van der Waals surface area contributed by atoms with Gasteiger partial charge in [0.1, 0.15) is 11.6 Å². The van der Waals surface area contributed by atoms with Crippen molar-refractivity contribution in [3.05, 3.63) is 35.4 Å². The Labute approximate surface area is 114 Å². The minimum absolute atomic E-state index is 0.219. The molecule has 0 aromatic heterocycles. The molecule has 1 aromatic carbocycles. The Hall–Kier alpha value is -1.60. The Morgan fingerprint density at radius 2 is 2.00 bits per heavy atom. The predicted octanol–water partition coefficient (Wildman–Crippen LogP) is 1.31. The maximum atomic E-state index is 13.4. The first-order chi connectivity index (χ1) is 9.08. The summed E-state index contributed by atoms with van der Waals surface area (Å²) in [4.78, 5) is 13.6. The summed E-state index contributed by atoms with van der Waals surface area (Å²) < 4.78 is 31.3. The lowest BCUT2D eigenvalue weighted by atomic mass is 10.2. The van der Waals surface area contributed by atoms with Gasteiger partial charge in [0.2, 0.25) is 0 Å². The zero-order valence-electron chi connectivity index (χ0n) is 9.99. The molecule has 1 N–H and O–H groups in total. The highest BCUT2D eigenvalue weighted by molar-refractivity contribution is 7.80. The van der Waals surface area contributed by atoms with Crippen LogP contribution in [0, 0.1) is 11.6 Å². The van der Waals surface area contributed by atoms with Gasteiger partial charge in [-0.25, -0.2) is 8.78 Å². The summed E-state index contributed by atoms with van der Waals surface area (Å²) >= 11 is 5.06. The van der Waals surface area contributed by atoms with Crippen molar-refractivity contribution in [1.29, 1.82) is 0 Å². The number of benzene rings is 1. The fourth-order valence-corrected chi connectivity index (χ4v) is 1.96. The van der Waals surface area contributed by atoms with E-state index in [4.69, 9.17) is 17.0 Å². The second-order valence-electron chi connectivity index (χ2n) is 3.98. The quantitative estimate of drug-likeness (QED) is 0.791. The van der Waals surface area contributed by atoms with Crippen LogP contribution in [-0.2, 0) is 4.74 Å². The summed E-state index contributed by atoms with van der Waals surface area (Å²) in [5.41, 5.74) is -0.239. The van der Waals surface area contributed by atoms with Crippen LogP contribution in [0.3, 0.4) is 0 Å². The van der Waals surface area contributed by atoms with Gasteiger partial charge in [-0.05, 0) is 24.4 Å². The van der Waals surface area contributed by atoms with E-state index in [1.54, 1.807) is 4.90 Å². The minimum atomic E-state index is -0.915. The van der Waals surface area contributed by atoms with Crippen LogP contribution in [0.1, 0.15) is 10.4 Å².